The smallest absolute Gasteiger partial charge is 0.408 e. The zero-order chi connectivity index (χ0) is 35.9. The van der Waals surface area contributed by atoms with E-state index in [2.05, 4.69) is 46.7 Å². The van der Waals surface area contributed by atoms with Crippen LogP contribution in [0.1, 0.15) is 69.0 Å². The number of nitrogens with zero attached hydrogens (tertiary/aromatic N) is 1. The van der Waals surface area contributed by atoms with Crippen molar-refractivity contribution in [3.05, 3.63) is 140 Å². The largest absolute Gasteiger partial charge is 0.458 e. The Balaban J connectivity index is 1.36. The molecule has 4 atom stereocenters. The third-order valence-electron chi connectivity index (χ3n) is 8.69. The van der Waals surface area contributed by atoms with Crippen LogP contribution >= 0.6 is 0 Å². The van der Waals surface area contributed by atoms with Crippen LogP contribution in [0.3, 0.4) is 0 Å². The van der Waals surface area contributed by atoms with Crippen LogP contribution in [-0.4, -0.2) is 58.7 Å². The van der Waals surface area contributed by atoms with Gasteiger partial charge < -0.3 is 24.3 Å². The van der Waals surface area contributed by atoms with Gasteiger partial charge in [-0.15, -0.1) is 0 Å². The number of H-pyrrole nitrogens is 1. The Hall–Kier alpha value is -5.00. The molecule has 4 aromatic rings. The Labute approximate surface area is 291 Å². The van der Waals surface area contributed by atoms with Gasteiger partial charge in [0.15, 0.2) is 0 Å². The van der Waals surface area contributed by atoms with Crippen molar-refractivity contribution in [1.82, 2.24) is 14.9 Å². The lowest BCUT2D eigenvalue weighted by molar-refractivity contribution is -0.156. The molecule has 264 valence electrons. The molecule has 0 bridgehead atoms. The summed E-state index contributed by atoms with van der Waals surface area (Å²) in [6, 6.07) is 29.9. The first-order chi connectivity index (χ1) is 23.9. The highest BCUT2D eigenvalue weighted by Crippen LogP contribution is 2.42. The van der Waals surface area contributed by atoms with E-state index in [-0.39, 0.29) is 13.0 Å². The Bertz CT molecular complexity index is 1760. The lowest BCUT2D eigenvalue weighted by atomic mass is 9.67. The highest BCUT2D eigenvalue weighted by molar-refractivity contribution is 5.81. The van der Waals surface area contributed by atoms with Crippen LogP contribution in [0.25, 0.3) is 0 Å². The maximum absolute atomic E-state index is 13.2. The topological polar surface area (TPSA) is 138 Å². The molecule has 1 unspecified atom stereocenters. The Kier molecular flexibility index (Phi) is 11.4. The van der Waals surface area contributed by atoms with Crippen molar-refractivity contribution in [2.75, 3.05) is 13.2 Å². The van der Waals surface area contributed by atoms with Gasteiger partial charge in [0.05, 0.1) is 6.61 Å². The molecule has 2 N–H and O–H groups in total. The van der Waals surface area contributed by atoms with Crippen molar-refractivity contribution in [2.45, 2.75) is 83.0 Å². The number of esters is 1. The number of amides is 1. The number of hydrogen-bond donors (Lipinski definition) is 2. The van der Waals surface area contributed by atoms with Crippen LogP contribution < -0.4 is 16.6 Å². The minimum atomic E-state index is -1.02. The summed E-state index contributed by atoms with van der Waals surface area (Å²) in [6.45, 7) is 8.62. The number of aromatic nitrogens is 2. The fourth-order valence-corrected chi connectivity index (χ4v) is 6.27. The molecule has 1 aliphatic heterocycles. The SMILES string of the molecule is Cc1cn([C@H]2C[C@H](OC(=O)C(C)NC(=O)OC(C)(C)C)[C@@H](COCCC(c3ccccc3)(c3ccccc3)c3ccccc3)O2)c(=O)[nH]c1=O. The van der Waals surface area contributed by atoms with E-state index in [1.807, 2.05) is 54.6 Å². The van der Waals surface area contributed by atoms with E-state index in [4.69, 9.17) is 18.9 Å². The van der Waals surface area contributed by atoms with Crippen LogP contribution in [0, 0.1) is 6.92 Å². The number of carbonyl (C=O) groups excluding carboxylic acids is 2. The molecule has 11 nitrogen and oxygen atoms in total. The number of carbonyl (C=O) groups is 2. The van der Waals surface area contributed by atoms with Crippen LogP contribution in [0.15, 0.2) is 107 Å². The molecule has 3 aromatic carbocycles. The van der Waals surface area contributed by atoms with E-state index in [9.17, 15) is 19.2 Å². The lowest BCUT2D eigenvalue weighted by Crippen LogP contribution is -2.44. The average Bonchev–Trinajstić information content (AvgIpc) is 3.48. The van der Waals surface area contributed by atoms with Crippen molar-refractivity contribution in [2.24, 2.45) is 0 Å². The molecule has 0 aliphatic carbocycles. The molecular formula is C39H45N3O8. The summed E-state index contributed by atoms with van der Waals surface area (Å²) in [6.07, 6.45) is -1.04. The predicted molar refractivity (Wildman–Crippen MR) is 188 cm³/mol. The summed E-state index contributed by atoms with van der Waals surface area (Å²) in [4.78, 5) is 52.6. The van der Waals surface area contributed by atoms with Crippen molar-refractivity contribution in [3.63, 3.8) is 0 Å². The molecule has 5 rings (SSSR count). The molecule has 1 aromatic heterocycles. The van der Waals surface area contributed by atoms with Gasteiger partial charge in [-0.05, 0) is 57.7 Å². The second-order valence-corrected chi connectivity index (χ2v) is 13.5. The molecule has 1 saturated heterocycles. The van der Waals surface area contributed by atoms with Crippen molar-refractivity contribution in [1.29, 1.82) is 0 Å². The fourth-order valence-electron chi connectivity index (χ4n) is 6.27. The first kappa shape index (κ1) is 36.3. The summed E-state index contributed by atoms with van der Waals surface area (Å²) in [7, 11) is 0. The number of nitrogens with one attached hydrogen (secondary N) is 2. The average molecular weight is 684 g/mol. The molecule has 0 saturated carbocycles. The zero-order valence-electron chi connectivity index (χ0n) is 29.1. The summed E-state index contributed by atoms with van der Waals surface area (Å²) in [5, 5.41) is 2.50. The van der Waals surface area contributed by atoms with E-state index in [1.54, 1.807) is 27.7 Å². The normalized spacial score (nSPS) is 18.3. The second-order valence-electron chi connectivity index (χ2n) is 13.5. The van der Waals surface area contributed by atoms with Crippen molar-refractivity contribution >= 4 is 12.1 Å². The number of alkyl carbamates (subject to hydrolysis) is 1. The minimum Gasteiger partial charge on any atom is -0.458 e. The summed E-state index contributed by atoms with van der Waals surface area (Å²) in [5.74, 6) is -0.698. The van der Waals surface area contributed by atoms with E-state index in [1.165, 1.54) is 17.7 Å². The molecule has 1 aliphatic rings. The van der Waals surface area contributed by atoms with Crippen molar-refractivity contribution < 1.29 is 28.5 Å². The third kappa shape index (κ3) is 8.58. The van der Waals surface area contributed by atoms with Crippen LogP contribution in [-0.2, 0) is 29.2 Å². The number of aromatic amines is 1. The summed E-state index contributed by atoms with van der Waals surface area (Å²) < 4.78 is 25.0. The van der Waals surface area contributed by atoms with Gasteiger partial charge in [-0.3, -0.25) is 14.3 Å². The van der Waals surface area contributed by atoms with Gasteiger partial charge in [0.1, 0.15) is 30.1 Å². The quantitative estimate of drug-likeness (QED) is 0.115. The molecule has 1 fully saturated rings. The van der Waals surface area contributed by atoms with Gasteiger partial charge >= 0.3 is 17.8 Å². The third-order valence-corrected chi connectivity index (χ3v) is 8.69. The van der Waals surface area contributed by atoms with Gasteiger partial charge in [-0.25, -0.2) is 14.4 Å². The second kappa shape index (κ2) is 15.7. The number of hydrogen-bond acceptors (Lipinski definition) is 8. The Morgan fingerprint density at radius 2 is 1.46 bits per heavy atom. The monoisotopic (exact) mass is 683 g/mol. The molecular weight excluding hydrogens is 638 g/mol. The molecule has 2 heterocycles. The zero-order valence-corrected chi connectivity index (χ0v) is 29.1. The van der Waals surface area contributed by atoms with E-state index in [0.29, 0.717) is 18.6 Å². The first-order valence-corrected chi connectivity index (χ1v) is 16.8. The summed E-state index contributed by atoms with van der Waals surface area (Å²) in [5.41, 5.74) is 1.26. The molecule has 11 heteroatoms. The molecule has 1 amide bonds. The number of benzene rings is 3. The lowest BCUT2D eigenvalue weighted by Gasteiger charge is -2.36. The van der Waals surface area contributed by atoms with Crippen LogP contribution in [0.2, 0.25) is 0 Å². The van der Waals surface area contributed by atoms with E-state index >= 15 is 0 Å². The standard InChI is InChI=1S/C39H45N3O8/c1-26-24-42(36(45)41-34(26)43)33-23-31(49-35(44)27(2)40-37(46)50-38(3,4)5)32(48-33)25-47-22-21-39(28-15-9-6-10-16-28,29-17-11-7-12-18-29)30-19-13-8-14-20-30/h6-20,24,27,31-33H,21-23,25H2,1-5H3,(H,40,46)(H,41,43,45)/t27?,31-,32+,33+/m0/s1. The first-order valence-electron chi connectivity index (χ1n) is 16.8. The number of aryl methyl sites for hydroxylation is 1. The fraction of sp³-hybridized carbons (Fsp3) is 0.385. The highest BCUT2D eigenvalue weighted by atomic mass is 16.6. The maximum atomic E-state index is 13.2. The number of rotatable bonds is 12. The molecule has 50 heavy (non-hydrogen) atoms. The van der Waals surface area contributed by atoms with E-state index < -0.39 is 58.8 Å². The van der Waals surface area contributed by atoms with Crippen LogP contribution in [0.5, 0.6) is 0 Å². The van der Waals surface area contributed by atoms with Crippen molar-refractivity contribution in [3.8, 4) is 0 Å². The maximum Gasteiger partial charge on any atom is 0.408 e. The molecule has 0 spiro atoms. The highest BCUT2D eigenvalue weighted by Gasteiger charge is 2.41. The van der Waals surface area contributed by atoms with Gasteiger partial charge in [0.2, 0.25) is 0 Å². The predicted octanol–water partition coefficient (Wildman–Crippen LogP) is 5.40. The number of ether oxygens (including phenoxy) is 4. The van der Waals surface area contributed by atoms with E-state index in [0.717, 1.165) is 16.7 Å². The summed E-state index contributed by atoms with van der Waals surface area (Å²) >= 11 is 0. The Morgan fingerprint density at radius 3 is 1.98 bits per heavy atom. The van der Waals surface area contributed by atoms with Gasteiger partial charge in [0.25, 0.3) is 5.56 Å². The molecule has 0 radical (unpaired) electrons. The van der Waals surface area contributed by atoms with Gasteiger partial charge in [-0.2, -0.15) is 0 Å². The van der Waals surface area contributed by atoms with Crippen LogP contribution in [0.4, 0.5) is 4.79 Å². The minimum absolute atomic E-state index is 0.0495. The Morgan fingerprint density at radius 1 is 0.920 bits per heavy atom. The van der Waals surface area contributed by atoms with Gasteiger partial charge in [0, 0.05) is 30.2 Å². The van der Waals surface area contributed by atoms with Gasteiger partial charge in [-0.1, -0.05) is 91.0 Å².